The SMILES string of the molecule is COc1ccc(CC(=O)Nc2cccc(NC(=O)c3ccccc3)c2)cc1. The number of anilines is 2. The lowest BCUT2D eigenvalue weighted by Crippen LogP contribution is -2.15. The van der Waals surface area contributed by atoms with E-state index < -0.39 is 0 Å². The first-order chi connectivity index (χ1) is 13.1. The standard InChI is InChI=1S/C22H20N2O3/c1-27-20-12-10-16(11-13-20)14-21(25)23-18-8-5-9-19(15-18)24-22(26)17-6-3-2-4-7-17/h2-13,15H,14H2,1H3,(H,23,25)(H,24,26). The van der Waals surface area contributed by atoms with Crippen LogP contribution in [-0.2, 0) is 11.2 Å². The van der Waals surface area contributed by atoms with Gasteiger partial charge in [0.05, 0.1) is 13.5 Å². The van der Waals surface area contributed by atoms with Gasteiger partial charge in [-0.3, -0.25) is 9.59 Å². The van der Waals surface area contributed by atoms with Crippen LogP contribution in [0.1, 0.15) is 15.9 Å². The Labute approximate surface area is 158 Å². The van der Waals surface area contributed by atoms with Gasteiger partial charge in [0, 0.05) is 16.9 Å². The number of hydrogen-bond donors (Lipinski definition) is 2. The minimum atomic E-state index is -0.197. The van der Waals surface area contributed by atoms with Gasteiger partial charge in [0.25, 0.3) is 5.91 Å². The van der Waals surface area contributed by atoms with Crippen LogP contribution in [0.4, 0.5) is 11.4 Å². The molecule has 0 fully saturated rings. The molecule has 27 heavy (non-hydrogen) atoms. The maximum atomic E-state index is 12.3. The van der Waals surface area contributed by atoms with E-state index in [0.717, 1.165) is 11.3 Å². The highest BCUT2D eigenvalue weighted by atomic mass is 16.5. The summed E-state index contributed by atoms with van der Waals surface area (Å²) in [7, 11) is 1.60. The van der Waals surface area contributed by atoms with Crippen LogP contribution in [0.5, 0.6) is 5.75 Å². The number of amides is 2. The van der Waals surface area contributed by atoms with Crippen molar-refractivity contribution in [3.63, 3.8) is 0 Å². The van der Waals surface area contributed by atoms with Crippen LogP contribution < -0.4 is 15.4 Å². The smallest absolute Gasteiger partial charge is 0.255 e. The molecule has 0 radical (unpaired) electrons. The van der Waals surface area contributed by atoms with Crippen molar-refractivity contribution < 1.29 is 14.3 Å². The first-order valence-electron chi connectivity index (χ1n) is 8.53. The largest absolute Gasteiger partial charge is 0.497 e. The molecule has 0 bridgehead atoms. The average Bonchev–Trinajstić information content (AvgIpc) is 2.69. The van der Waals surface area contributed by atoms with Crippen molar-refractivity contribution in [2.45, 2.75) is 6.42 Å². The molecule has 136 valence electrons. The first kappa shape index (κ1) is 18.2. The third-order valence-corrected chi connectivity index (χ3v) is 3.96. The summed E-state index contributed by atoms with van der Waals surface area (Å²) in [5, 5.41) is 5.68. The summed E-state index contributed by atoms with van der Waals surface area (Å²) in [5.74, 6) is 0.421. The van der Waals surface area contributed by atoms with Gasteiger partial charge in [-0.25, -0.2) is 0 Å². The summed E-state index contributed by atoms with van der Waals surface area (Å²) in [6.45, 7) is 0. The van der Waals surface area contributed by atoms with Crippen LogP contribution in [0, 0.1) is 0 Å². The van der Waals surface area contributed by atoms with E-state index in [4.69, 9.17) is 4.74 Å². The Morgan fingerprint density at radius 2 is 1.48 bits per heavy atom. The number of benzene rings is 3. The van der Waals surface area contributed by atoms with Crippen molar-refractivity contribution in [2.75, 3.05) is 17.7 Å². The van der Waals surface area contributed by atoms with E-state index in [-0.39, 0.29) is 18.2 Å². The predicted octanol–water partition coefficient (Wildman–Crippen LogP) is 4.13. The van der Waals surface area contributed by atoms with E-state index >= 15 is 0 Å². The fourth-order valence-corrected chi connectivity index (χ4v) is 2.60. The molecule has 3 rings (SSSR count). The van der Waals surface area contributed by atoms with Crippen LogP contribution in [0.3, 0.4) is 0 Å². The molecule has 0 spiro atoms. The highest BCUT2D eigenvalue weighted by molar-refractivity contribution is 6.04. The van der Waals surface area contributed by atoms with Crippen LogP contribution in [0.2, 0.25) is 0 Å². The van der Waals surface area contributed by atoms with E-state index in [1.807, 2.05) is 42.5 Å². The van der Waals surface area contributed by atoms with Gasteiger partial charge in [0.15, 0.2) is 0 Å². The van der Waals surface area contributed by atoms with Gasteiger partial charge in [-0.1, -0.05) is 36.4 Å². The third kappa shape index (κ3) is 5.19. The van der Waals surface area contributed by atoms with Crippen molar-refractivity contribution in [2.24, 2.45) is 0 Å². The molecule has 0 saturated carbocycles. The fourth-order valence-electron chi connectivity index (χ4n) is 2.60. The Morgan fingerprint density at radius 3 is 2.15 bits per heavy atom. The van der Waals surface area contributed by atoms with Crippen molar-refractivity contribution in [1.82, 2.24) is 0 Å². The van der Waals surface area contributed by atoms with Gasteiger partial charge in [0.2, 0.25) is 5.91 Å². The van der Waals surface area contributed by atoms with Crippen LogP contribution in [0.15, 0.2) is 78.9 Å². The van der Waals surface area contributed by atoms with Crippen molar-refractivity contribution >= 4 is 23.2 Å². The Bertz CT molecular complexity index is 922. The third-order valence-electron chi connectivity index (χ3n) is 3.96. The molecule has 0 saturated heterocycles. The molecular weight excluding hydrogens is 340 g/mol. The molecule has 0 aliphatic carbocycles. The number of nitrogens with one attached hydrogen (secondary N) is 2. The molecule has 0 heterocycles. The summed E-state index contributed by atoms with van der Waals surface area (Å²) in [5.41, 5.74) is 2.71. The second kappa shape index (κ2) is 8.67. The molecule has 0 aliphatic heterocycles. The second-order valence-electron chi connectivity index (χ2n) is 5.97. The first-order valence-corrected chi connectivity index (χ1v) is 8.53. The van der Waals surface area contributed by atoms with E-state index in [1.54, 1.807) is 43.5 Å². The van der Waals surface area contributed by atoms with E-state index in [9.17, 15) is 9.59 Å². The Balaban J connectivity index is 1.61. The lowest BCUT2D eigenvalue weighted by Gasteiger charge is -2.09. The van der Waals surface area contributed by atoms with Crippen LogP contribution >= 0.6 is 0 Å². The molecule has 0 aromatic heterocycles. The quantitative estimate of drug-likeness (QED) is 0.695. The zero-order chi connectivity index (χ0) is 19.1. The summed E-state index contributed by atoms with van der Waals surface area (Å²) >= 11 is 0. The Hall–Kier alpha value is -3.60. The van der Waals surface area contributed by atoms with E-state index in [1.165, 1.54) is 0 Å². The zero-order valence-corrected chi connectivity index (χ0v) is 14.9. The second-order valence-corrected chi connectivity index (χ2v) is 5.97. The fraction of sp³-hybridized carbons (Fsp3) is 0.0909. The highest BCUT2D eigenvalue weighted by Gasteiger charge is 2.08. The molecule has 3 aromatic carbocycles. The van der Waals surface area contributed by atoms with Crippen LogP contribution in [-0.4, -0.2) is 18.9 Å². The van der Waals surface area contributed by atoms with E-state index in [0.29, 0.717) is 16.9 Å². The van der Waals surface area contributed by atoms with Gasteiger partial charge < -0.3 is 15.4 Å². The summed E-state index contributed by atoms with van der Waals surface area (Å²) in [4.78, 5) is 24.5. The monoisotopic (exact) mass is 360 g/mol. The highest BCUT2D eigenvalue weighted by Crippen LogP contribution is 2.17. The molecule has 3 aromatic rings. The zero-order valence-electron chi connectivity index (χ0n) is 14.9. The van der Waals surface area contributed by atoms with Crippen molar-refractivity contribution in [3.8, 4) is 5.75 Å². The summed E-state index contributed by atoms with van der Waals surface area (Å²) < 4.78 is 5.11. The molecule has 2 N–H and O–H groups in total. The summed E-state index contributed by atoms with van der Waals surface area (Å²) in [6.07, 6.45) is 0.255. The molecule has 0 unspecified atom stereocenters. The van der Waals surface area contributed by atoms with E-state index in [2.05, 4.69) is 10.6 Å². The van der Waals surface area contributed by atoms with Gasteiger partial charge in [-0.05, 0) is 48.0 Å². The minimum absolute atomic E-state index is 0.133. The molecule has 5 nitrogen and oxygen atoms in total. The normalized spacial score (nSPS) is 10.1. The van der Waals surface area contributed by atoms with Gasteiger partial charge in [-0.2, -0.15) is 0 Å². The molecule has 0 aliphatic rings. The van der Waals surface area contributed by atoms with Crippen molar-refractivity contribution in [3.05, 3.63) is 90.0 Å². The summed E-state index contributed by atoms with van der Waals surface area (Å²) in [6, 6.07) is 23.4. The number of hydrogen-bond acceptors (Lipinski definition) is 3. The maximum absolute atomic E-state index is 12.3. The number of ether oxygens (including phenoxy) is 1. The van der Waals surface area contributed by atoms with Crippen LogP contribution in [0.25, 0.3) is 0 Å². The Morgan fingerprint density at radius 1 is 0.815 bits per heavy atom. The topological polar surface area (TPSA) is 67.4 Å². The maximum Gasteiger partial charge on any atom is 0.255 e. The number of carbonyl (C=O) groups excluding carboxylic acids is 2. The van der Waals surface area contributed by atoms with Crippen molar-refractivity contribution in [1.29, 1.82) is 0 Å². The minimum Gasteiger partial charge on any atom is -0.497 e. The predicted molar refractivity (Wildman–Crippen MR) is 106 cm³/mol. The molecule has 0 atom stereocenters. The molecular formula is C22H20N2O3. The molecule has 2 amide bonds. The number of carbonyl (C=O) groups is 2. The lowest BCUT2D eigenvalue weighted by molar-refractivity contribution is -0.115. The Kier molecular flexibility index (Phi) is 5.84. The van der Waals surface area contributed by atoms with Gasteiger partial charge >= 0.3 is 0 Å². The van der Waals surface area contributed by atoms with Gasteiger partial charge in [0.1, 0.15) is 5.75 Å². The number of rotatable bonds is 6. The average molecular weight is 360 g/mol. The molecule has 5 heteroatoms. The number of methoxy groups -OCH3 is 1. The lowest BCUT2D eigenvalue weighted by atomic mass is 10.1. The van der Waals surface area contributed by atoms with Gasteiger partial charge in [-0.15, -0.1) is 0 Å².